The number of hydrogen-bond donors (Lipinski definition) is 1. The van der Waals surface area contributed by atoms with Crippen LogP contribution in [0.5, 0.6) is 0 Å². The molecule has 0 radical (unpaired) electrons. The van der Waals surface area contributed by atoms with Crippen LogP contribution in [0.1, 0.15) is 38.4 Å². The average molecular weight is 294 g/mol. The van der Waals surface area contributed by atoms with Crippen LogP contribution < -0.4 is 0 Å². The first kappa shape index (κ1) is 16.5. The molecule has 1 atom stereocenters. The molecule has 0 amide bonds. The highest BCUT2D eigenvalue weighted by molar-refractivity contribution is 4.94. The van der Waals surface area contributed by atoms with Gasteiger partial charge in [0.1, 0.15) is 5.82 Å². The van der Waals surface area contributed by atoms with E-state index in [9.17, 15) is 5.11 Å². The molecule has 0 aromatic carbocycles. The Morgan fingerprint density at radius 1 is 1.33 bits per heavy atom. The lowest BCUT2D eigenvalue weighted by atomic mass is 9.94. The lowest BCUT2D eigenvalue weighted by Gasteiger charge is -2.30. The Morgan fingerprint density at radius 3 is 2.86 bits per heavy atom. The van der Waals surface area contributed by atoms with Crippen LogP contribution >= 0.6 is 0 Å². The number of rotatable bonds is 6. The molecule has 1 aromatic heterocycles. The van der Waals surface area contributed by atoms with Gasteiger partial charge in [0.2, 0.25) is 0 Å². The maximum atomic E-state index is 10.7. The third-order valence-electron chi connectivity index (χ3n) is 4.25. The quantitative estimate of drug-likeness (QED) is 0.865. The Morgan fingerprint density at radius 2 is 2.14 bits per heavy atom. The number of nitrogens with zero attached hydrogens (tertiary/aromatic N) is 4. The van der Waals surface area contributed by atoms with E-state index < -0.39 is 5.60 Å². The summed E-state index contributed by atoms with van der Waals surface area (Å²) in [7, 11) is 4.06. The Bertz CT molecular complexity index is 432. The third-order valence-corrected chi connectivity index (χ3v) is 4.25. The van der Waals surface area contributed by atoms with Gasteiger partial charge in [-0.15, -0.1) is 0 Å². The molecule has 2 heterocycles. The Labute approximate surface area is 128 Å². The van der Waals surface area contributed by atoms with E-state index in [1.807, 2.05) is 20.3 Å². The molecular formula is C16H30N4O. The zero-order chi connectivity index (χ0) is 15.3. The molecule has 5 heteroatoms. The SMILES string of the molecule is CCCn1ccnc1CN1CCC[C@@](O)(CN(C)C)CC1. The van der Waals surface area contributed by atoms with Crippen molar-refractivity contribution < 1.29 is 5.11 Å². The summed E-state index contributed by atoms with van der Waals surface area (Å²) in [5, 5.41) is 10.7. The minimum absolute atomic E-state index is 0.531. The van der Waals surface area contributed by atoms with Gasteiger partial charge in [0, 0.05) is 32.0 Å². The van der Waals surface area contributed by atoms with E-state index in [0.717, 1.165) is 64.2 Å². The van der Waals surface area contributed by atoms with Crippen LogP contribution in [-0.4, -0.2) is 63.8 Å². The first-order chi connectivity index (χ1) is 10.0. The van der Waals surface area contributed by atoms with Gasteiger partial charge in [0.25, 0.3) is 0 Å². The van der Waals surface area contributed by atoms with Crippen LogP contribution in [-0.2, 0) is 13.1 Å². The van der Waals surface area contributed by atoms with Gasteiger partial charge in [-0.25, -0.2) is 4.98 Å². The number of aromatic nitrogens is 2. The molecule has 2 rings (SSSR count). The summed E-state index contributed by atoms with van der Waals surface area (Å²) in [6.45, 7) is 6.87. The fraction of sp³-hybridized carbons (Fsp3) is 0.812. The van der Waals surface area contributed by atoms with Crippen LogP contribution in [0.15, 0.2) is 12.4 Å². The lowest BCUT2D eigenvalue weighted by Crippen LogP contribution is -2.41. The summed E-state index contributed by atoms with van der Waals surface area (Å²) in [4.78, 5) is 9.01. The van der Waals surface area contributed by atoms with E-state index in [0.29, 0.717) is 0 Å². The second kappa shape index (κ2) is 7.38. The molecule has 0 bridgehead atoms. The molecule has 21 heavy (non-hydrogen) atoms. The van der Waals surface area contributed by atoms with Crippen LogP contribution in [0.4, 0.5) is 0 Å². The fourth-order valence-corrected chi connectivity index (χ4v) is 3.28. The van der Waals surface area contributed by atoms with Crippen molar-refractivity contribution >= 4 is 0 Å². The molecular weight excluding hydrogens is 264 g/mol. The van der Waals surface area contributed by atoms with Crippen molar-refractivity contribution in [2.24, 2.45) is 0 Å². The van der Waals surface area contributed by atoms with Gasteiger partial charge in [-0.2, -0.15) is 0 Å². The summed E-state index contributed by atoms with van der Waals surface area (Å²) in [6, 6.07) is 0. The zero-order valence-corrected chi connectivity index (χ0v) is 13.8. The summed E-state index contributed by atoms with van der Waals surface area (Å²) < 4.78 is 2.25. The molecule has 1 aromatic rings. The van der Waals surface area contributed by atoms with Crippen molar-refractivity contribution in [3.63, 3.8) is 0 Å². The molecule has 1 N–H and O–H groups in total. The van der Waals surface area contributed by atoms with Gasteiger partial charge in [0.05, 0.1) is 12.1 Å². The number of aliphatic hydroxyl groups is 1. The topological polar surface area (TPSA) is 44.5 Å². The van der Waals surface area contributed by atoms with Crippen molar-refractivity contribution in [2.75, 3.05) is 33.7 Å². The van der Waals surface area contributed by atoms with Gasteiger partial charge in [-0.3, -0.25) is 4.90 Å². The fourth-order valence-electron chi connectivity index (χ4n) is 3.28. The maximum Gasteiger partial charge on any atom is 0.122 e. The minimum atomic E-state index is -0.531. The molecule has 1 saturated heterocycles. The van der Waals surface area contributed by atoms with Crippen molar-refractivity contribution in [3.05, 3.63) is 18.2 Å². The second-order valence-corrected chi connectivity index (χ2v) is 6.63. The van der Waals surface area contributed by atoms with Crippen LogP contribution in [0.3, 0.4) is 0 Å². The predicted octanol–water partition coefficient (Wildman–Crippen LogP) is 1.57. The zero-order valence-electron chi connectivity index (χ0n) is 13.8. The number of aryl methyl sites for hydroxylation is 1. The van der Waals surface area contributed by atoms with Crippen molar-refractivity contribution in [1.29, 1.82) is 0 Å². The summed E-state index contributed by atoms with van der Waals surface area (Å²) in [5.41, 5.74) is -0.531. The second-order valence-electron chi connectivity index (χ2n) is 6.63. The Hall–Kier alpha value is -0.910. The number of likely N-dealkylation sites (tertiary alicyclic amines) is 1. The highest BCUT2D eigenvalue weighted by Crippen LogP contribution is 2.23. The summed E-state index contributed by atoms with van der Waals surface area (Å²) in [5.74, 6) is 1.15. The van der Waals surface area contributed by atoms with Gasteiger partial charge in [0.15, 0.2) is 0 Å². The van der Waals surface area contributed by atoms with Crippen molar-refractivity contribution in [1.82, 2.24) is 19.4 Å². The third kappa shape index (κ3) is 4.80. The number of likely N-dealkylation sites (N-methyl/N-ethyl adjacent to an activating group) is 1. The van der Waals surface area contributed by atoms with Crippen molar-refractivity contribution in [3.8, 4) is 0 Å². The average Bonchev–Trinajstić information content (AvgIpc) is 2.74. The van der Waals surface area contributed by atoms with E-state index in [1.54, 1.807) is 0 Å². The normalized spacial score (nSPS) is 24.4. The Kier molecular flexibility index (Phi) is 5.79. The van der Waals surface area contributed by atoms with Crippen LogP contribution in [0.25, 0.3) is 0 Å². The standard InChI is InChI=1S/C16H30N4O/c1-4-9-20-12-8-17-15(20)13-19-10-5-6-16(21,7-11-19)14-18(2)3/h8,12,21H,4-7,9-11,13-14H2,1-3H3/t16-/m0/s1. The minimum Gasteiger partial charge on any atom is -0.389 e. The molecule has 0 aliphatic carbocycles. The first-order valence-corrected chi connectivity index (χ1v) is 8.12. The largest absolute Gasteiger partial charge is 0.389 e. The van der Waals surface area contributed by atoms with Crippen LogP contribution in [0, 0.1) is 0 Å². The van der Waals surface area contributed by atoms with E-state index >= 15 is 0 Å². The molecule has 0 spiro atoms. The Balaban J connectivity index is 1.92. The van der Waals surface area contributed by atoms with Crippen LogP contribution in [0.2, 0.25) is 0 Å². The highest BCUT2D eigenvalue weighted by atomic mass is 16.3. The van der Waals surface area contributed by atoms with Gasteiger partial charge < -0.3 is 14.6 Å². The van der Waals surface area contributed by atoms with E-state index in [4.69, 9.17) is 0 Å². The van der Waals surface area contributed by atoms with Gasteiger partial charge >= 0.3 is 0 Å². The predicted molar refractivity (Wildman–Crippen MR) is 85.1 cm³/mol. The molecule has 0 saturated carbocycles. The molecule has 0 unspecified atom stereocenters. The maximum absolute atomic E-state index is 10.7. The smallest absolute Gasteiger partial charge is 0.122 e. The van der Waals surface area contributed by atoms with E-state index in [2.05, 4.69) is 32.5 Å². The molecule has 1 aliphatic rings. The molecule has 1 fully saturated rings. The lowest BCUT2D eigenvalue weighted by molar-refractivity contribution is 0.00251. The van der Waals surface area contributed by atoms with Crippen molar-refractivity contribution in [2.45, 2.75) is 51.3 Å². The highest BCUT2D eigenvalue weighted by Gasteiger charge is 2.30. The summed E-state index contributed by atoms with van der Waals surface area (Å²) >= 11 is 0. The number of imidazole rings is 1. The molecule has 120 valence electrons. The molecule has 1 aliphatic heterocycles. The summed E-state index contributed by atoms with van der Waals surface area (Å²) in [6.07, 6.45) is 7.89. The van der Waals surface area contributed by atoms with Gasteiger partial charge in [-0.05, 0) is 46.3 Å². The monoisotopic (exact) mass is 294 g/mol. The van der Waals surface area contributed by atoms with E-state index in [-0.39, 0.29) is 0 Å². The molecule has 5 nitrogen and oxygen atoms in total. The first-order valence-electron chi connectivity index (χ1n) is 8.12. The van der Waals surface area contributed by atoms with Gasteiger partial charge in [-0.1, -0.05) is 6.92 Å². The van der Waals surface area contributed by atoms with E-state index in [1.165, 1.54) is 0 Å². The number of hydrogen-bond acceptors (Lipinski definition) is 4.